The molecule has 1 saturated carbocycles. The summed E-state index contributed by atoms with van der Waals surface area (Å²) >= 11 is 0. The summed E-state index contributed by atoms with van der Waals surface area (Å²) in [5.41, 5.74) is 1.30. The van der Waals surface area contributed by atoms with Crippen LogP contribution in [0.3, 0.4) is 0 Å². The molecule has 6 amide bonds. The van der Waals surface area contributed by atoms with E-state index in [2.05, 4.69) is 36.1 Å². The van der Waals surface area contributed by atoms with Gasteiger partial charge in [-0.3, -0.25) is 39.0 Å². The van der Waals surface area contributed by atoms with Gasteiger partial charge in [-0.25, -0.2) is 14.4 Å². The monoisotopic (exact) mass is 903 g/mol. The number of halogens is 3. The first kappa shape index (κ1) is 45.4. The summed E-state index contributed by atoms with van der Waals surface area (Å²) in [5, 5.41) is 11.2. The number of rotatable bonds is 15. The Kier molecular flexibility index (Phi) is 13.4. The summed E-state index contributed by atoms with van der Waals surface area (Å²) < 4.78 is 57.1. The number of carbonyl (C=O) groups is 6. The van der Waals surface area contributed by atoms with Gasteiger partial charge in [-0.05, 0) is 62.6 Å². The molecular formula is C45H52F3N9O8. The summed E-state index contributed by atoms with van der Waals surface area (Å²) in [6.07, 6.45) is 6.16. The van der Waals surface area contributed by atoms with Gasteiger partial charge < -0.3 is 35.2 Å². The predicted octanol–water partition coefficient (Wildman–Crippen LogP) is 4.76. The molecule has 2 aromatic carbocycles. The highest BCUT2D eigenvalue weighted by Gasteiger charge is 2.50. The van der Waals surface area contributed by atoms with Crippen LogP contribution in [0.4, 0.5) is 36.2 Å². The van der Waals surface area contributed by atoms with Crippen LogP contribution in [0.5, 0.6) is 5.75 Å². The van der Waals surface area contributed by atoms with Crippen LogP contribution in [0.15, 0.2) is 36.5 Å². The second kappa shape index (κ2) is 19.1. The largest absolute Gasteiger partial charge is 0.495 e. The number of alkyl halides is 2. The zero-order chi connectivity index (χ0) is 46.0. The number of hydrogen-bond acceptors (Lipinski definition) is 13. The average molecular weight is 904 g/mol. The van der Waals surface area contributed by atoms with Crippen molar-refractivity contribution in [3.8, 4) is 5.75 Å². The molecule has 65 heavy (non-hydrogen) atoms. The maximum Gasteiger partial charge on any atom is 0.325 e. The Labute approximate surface area is 373 Å². The third-order valence-corrected chi connectivity index (χ3v) is 13.1. The van der Waals surface area contributed by atoms with Gasteiger partial charge >= 0.3 is 5.92 Å². The van der Waals surface area contributed by atoms with Crippen molar-refractivity contribution >= 4 is 58.5 Å². The number of imide groups is 2. The van der Waals surface area contributed by atoms with Gasteiger partial charge in [0.2, 0.25) is 17.8 Å². The van der Waals surface area contributed by atoms with E-state index < -0.39 is 65.6 Å². The quantitative estimate of drug-likeness (QED) is 0.120. The van der Waals surface area contributed by atoms with Gasteiger partial charge in [-0.2, -0.15) is 8.78 Å². The van der Waals surface area contributed by atoms with Crippen molar-refractivity contribution in [3.63, 3.8) is 0 Å². The minimum absolute atomic E-state index is 0.00933. The lowest BCUT2D eigenvalue weighted by Crippen LogP contribution is -2.54. The van der Waals surface area contributed by atoms with Crippen LogP contribution < -0.4 is 30.9 Å². The Morgan fingerprint density at radius 1 is 0.985 bits per heavy atom. The zero-order valence-electron chi connectivity index (χ0n) is 36.2. The van der Waals surface area contributed by atoms with E-state index >= 15 is 13.2 Å². The van der Waals surface area contributed by atoms with Crippen molar-refractivity contribution in [2.75, 3.05) is 69.1 Å². The van der Waals surface area contributed by atoms with Crippen molar-refractivity contribution in [2.24, 2.45) is 5.92 Å². The minimum atomic E-state index is -3.56. The molecule has 4 aliphatic heterocycles. The van der Waals surface area contributed by atoms with Crippen LogP contribution in [0.1, 0.15) is 107 Å². The summed E-state index contributed by atoms with van der Waals surface area (Å²) in [4.78, 5) is 89.4. The van der Waals surface area contributed by atoms with Gasteiger partial charge in [0.05, 0.1) is 53.7 Å². The molecule has 5 aliphatic rings. The fourth-order valence-electron chi connectivity index (χ4n) is 9.64. The fraction of sp³-hybridized carbons (Fsp3) is 0.511. The number of ether oxygens (including phenoxy) is 2. The second-order valence-corrected chi connectivity index (χ2v) is 17.2. The van der Waals surface area contributed by atoms with Crippen molar-refractivity contribution in [2.45, 2.75) is 88.1 Å². The summed E-state index contributed by atoms with van der Waals surface area (Å²) in [6, 6.07) is 6.06. The number of likely N-dealkylation sites (tertiary alicyclic amines) is 1. The van der Waals surface area contributed by atoms with Crippen LogP contribution in [0.2, 0.25) is 0 Å². The van der Waals surface area contributed by atoms with E-state index in [0.29, 0.717) is 57.1 Å². The molecule has 0 spiro atoms. The Hall–Kier alpha value is -6.15. The summed E-state index contributed by atoms with van der Waals surface area (Å²) in [6.45, 7) is 3.38. The standard InChI is InChI=1S/C45H52F3N9O8/c1-55-34-24-50-44(54-38(34)29(25-7-3-4-8-25)23-45(47,48)43(55)63)52-32-22-30(46)28(21-35(32)64-2)39(59)51-26-13-17-56(18-14-26)16-6-19-65-20-15-49-31-10-5-9-27-37(31)42(62)57(41(27)61)33-11-12-36(58)53-40(33)60/h5,9-10,21-22,24-26,29,33,49H,3-4,6-8,11-20,23H2,1-2H3,(H,51,59)(H,50,52,54)(H,53,58,60). The maximum absolute atomic E-state index is 15.6. The number of aromatic nitrogens is 2. The molecule has 20 heteroatoms. The smallest absolute Gasteiger partial charge is 0.325 e. The Balaban J connectivity index is 0.782. The van der Waals surface area contributed by atoms with E-state index in [1.165, 1.54) is 26.4 Å². The molecule has 1 aliphatic carbocycles. The summed E-state index contributed by atoms with van der Waals surface area (Å²) in [7, 11) is 2.66. The molecule has 2 unspecified atom stereocenters. The van der Waals surface area contributed by atoms with E-state index in [9.17, 15) is 28.8 Å². The van der Waals surface area contributed by atoms with Gasteiger partial charge in [0.1, 0.15) is 17.6 Å². The zero-order valence-corrected chi connectivity index (χ0v) is 36.2. The van der Waals surface area contributed by atoms with Crippen molar-refractivity contribution in [1.29, 1.82) is 0 Å². The van der Waals surface area contributed by atoms with Crippen molar-refractivity contribution in [1.82, 2.24) is 30.4 Å². The highest BCUT2D eigenvalue weighted by molar-refractivity contribution is 6.25. The average Bonchev–Trinajstić information content (AvgIpc) is 3.90. The number of nitrogens with zero attached hydrogens (tertiary/aromatic N) is 5. The molecule has 1 aromatic heterocycles. The Morgan fingerprint density at radius 3 is 2.49 bits per heavy atom. The molecule has 4 N–H and O–H groups in total. The first-order chi connectivity index (χ1) is 31.2. The molecule has 3 fully saturated rings. The Morgan fingerprint density at radius 2 is 1.75 bits per heavy atom. The molecule has 346 valence electrons. The number of hydrogen-bond donors (Lipinski definition) is 4. The number of nitrogens with one attached hydrogen (secondary N) is 4. The van der Waals surface area contributed by atoms with E-state index in [1.807, 2.05) is 0 Å². The fourth-order valence-corrected chi connectivity index (χ4v) is 9.64. The highest BCUT2D eigenvalue weighted by atomic mass is 19.3. The van der Waals surface area contributed by atoms with Gasteiger partial charge in [-0.15, -0.1) is 0 Å². The number of anilines is 4. The minimum Gasteiger partial charge on any atom is -0.495 e. The van der Waals surface area contributed by atoms with Crippen LogP contribution in [-0.2, 0) is 19.1 Å². The molecule has 5 heterocycles. The van der Waals surface area contributed by atoms with E-state index in [0.717, 1.165) is 54.5 Å². The number of carbonyl (C=O) groups excluding carboxylic acids is 6. The van der Waals surface area contributed by atoms with Crippen LogP contribution in [-0.4, -0.2) is 127 Å². The lowest BCUT2D eigenvalue weighted by atomic mass is 9.83. The molecule has 3 aromatic rings. The van der Waals surface area contributed by atoms with Gasteiger partial charge in [0.25, 0.3) is 23.6 Å². The normalized spacial score (nSPS) is 21.5. The van der Waals surface area contributed by atoms with Crippen molar-refractivity contribution in [3.05, 3.63) is 64.7 Å². The highest BCUT2D eigenvalue weighted by Crippen LogP contribution is 2.48. The molecule has 8 rings (SSSR count). The number of methoxy groups -OCH3 is 1. The van der Waals surface area contributed by atoms with Gasteiger partial charge in [0.15, 0.2) is 0 Å². The molecular weight excluding hydrogens is 852 g/mol. The van der Waals surface area contributed by atoms with E-state index in [4.69, 9.17) is 9.47 Å². The van der Waals surface area contributed by atoms with Crippen LogP contribution >= 0.6 is 0 Å². The topological polar surface area (TPSA) is 204 Å². The maximum atomic E-state index is 15.6. The van der Waals surface area contributed by atoms with Crippen LogP contribution in [0, 0.1) is 11.7 Å². The Bertz CT molecular complexity index is 2370. The van der Waals surface area contributed by atoms with Gasteiger partial charge in [0, 0.05) is 76.4 Å². The first-order valence-electron chi connectivity index (χ1n) is 22.1. The number of piperidine rings is 2. The van der Waals surface area contributed by atoms with E-state index in [-0.39, 0.29) is 64.6 Å². The SMILES string of the molecule is COc1cc(C(=O)NC2CCN(CCCOCCNc3cccc4c3C(=O)N(C3CCC(=O)NC3=O)C4=O)CC2)c(F)cc1Nc1ncc2c(n1)C(C1CCCC1)CC(F)(F)C(=O)N2C. The third-order valence-electron chi connectivity index (χ3n) is 13.1. The second-order valence-electron chi connectivity index (χ2n) is 17.2. The molecule has 0 radical (unpaired) electrons. The number of fused-ring (bicyclic) bond motifs is 2. The predicted molar refractivity (Wildman–Crippen MR) is 230 cm³/mol. The number of benzene rings is 2. The number of amides is 6. The van der Waals surface area contributed by atoms with E-state index in [1.54, 1.807) is 18.2 Å². The lowest BCUT2D eigenvalue weighted by Gasteiger charge is -2.32. The third kappa shape index (κ3) is 9.50. The molecule has 17 nitrogen and oxygen atoms in total. The van der Waals surface area contributed by atoms with Crippen molar-refractivity contribution < 1.29 is 51.4 Å². The summed E-state index contributed by atoms with van der Waals surface area (Å²) in [5.74, 6) is -9.13. The lowest BCUT2D eigenvalue weighted by molar-refractivity contribution is -0.143. The van der Waals surface area contributed by atoms with Crippen LogP contribution in [0.25, 0.3) is 0 Å². The van der Waals surface area contributed by atoms with Gasteiger partial charge in [-0.1, -0.05) is 18.9 Å². The molecule has 2 atom stereocenters. The molecule has 0 bridgehead atoms. The molecule has 2 saturated heterocycles. The first-order valence-corrected chi connectivity index (χ1v) is 22.1.